The quantitative estimate of drug-likeness (QED) is 0.611. The van der Waals surface area contributed by atoms with E-state index < -0.39 is 6.29 Å². The molecule has 2 N–H and O–H groups in total. The maximum Gasteiger partial charge on any atom is 0.337 e. The molecule has 4 aliphatic rings. The first-order valence-electron chi connectivity index (χ1n) is 14.0. The van der Waals surface area contributed by atoms with Gasteiger partial charge in [0.1, 0.15) is 0 Å². The zero-order valence-corrected chi connectivity index (χ0v) is 22.0. The third-order valence-electron chi connectivity index (χ3n) is 8.79. The van der Waals surface area contributed by atoms with Crippen LogP contribution in [-0.2, 0) is 22.7 Å². The second-order valence-electron chi connectivity index (χ2n) is 11.4. The van der Waals surface area contributed by atoms with Crippen LogP contribution in [0.3, 0.4) is 0 Å². The molecule has 38 heavy (non-hydrogen) atoms. The summed E-state index contributed by atoms with van der Waals surface area (Å²) in [6.07, 6.45) is 5.67. The van der Waals surface area contributed by atoms with Gasteiger partial charge in [0.15, 0.2) is 6.29 Å². The molecule has 2 aromatic rings. The van der Waals surface area contributed by atoms with Crippen LogP contribution in [0.25, 0.3) is 0 Å². The van der Waals surface area contributed by atoms with Crippen molar-refractivity contribution in [2.45, 2.75) is 83.3 Å². The number of aryl methyl sites for hydroxylation is 1. The lowest BCUT2D eigenvalue weighted by molar-refractivity contribution is -0.160. The highest BCUT2D eigenvalue weighted by Crippen LogP contribution is 2.41. The third kappa shape index (κ3) is 4.77. The number of nitrogens with one attached hydrogen (secondary N) is 2. The van der Waals surface area contributed by atoms with Crippen LogP contribution in [0.4, 0.5) is 4.79 Å². The Kier molecular flexibility index (Phi) is 6.82. The van der Waals surface area contributed by atoms with Crippen molar-refractivity contribution in [1.82, 2.24) is 25.6 Å². The summed E-state index contributed by atoms with van der Waals surface area (Å²) in [5.74, 6) is -0.324. The number of hydrogen-bond donors (Lipinski definition) is 2. The first-order chi connectivity index (χ1) is 18.5. The number of hydrazine groups is 1. The summed E-state index contributed by atoms with van der Waals surface area (Å²) in [4.78, 5) is 44.6. The number of carbonyl (C=O) groups is 3. The summed E-state index contributed by atoms with van der Waals surface area (Å²) >= 11 is 0. The highest BCUT2D eigenvalue weighted by atomic mass is 16.2. The van der Waals surface area contributed by atoms with E-state index in [9.17, 15) is 14.4 Å². The van der Waals surface area contributed by atoms with Gasteiger partial charge in [-0.05, 0) is 50.2 Å². The van der Waals surface area contributed by atoms with Gasteiger partial charge in [-0.1, -0.05) is 73.0 Å². The Morgan fingerprint density at radius 2 is 1.63 bits per heavy atom. The first-order valence-corrected chi connectivity index (χ1v) is 14.0. The largest absolute Gasteiger partial charge is 0.353 e. The average molecular weight is 516 g/mol. The molecule has 4 atom stereocenters. The maximum atomic E-state index is 13.9. The molecule has 2 saturated carbocycles. The van der Waals surface area contributed by atoms with E-state index in [-0.39, 0.29) is 41.8 Å². The van der Waals surface area contributed by atoms with Crippen LogP contribution >= 0.6 is 0 Å². The monoisotopic (exact) mass is 515 g/mol. The highest BCUT2D eigenvalue weighted by Gasteiger charge is 2.56. The lowest BCUT2D eigenvalue weighted by atomic mass is 9.75. The van der Waals surface area contributed by atoms with E-state index in [4.69, 9.17) is 0 Å². The number of amides is 4. The van der Waals surface area contributed by atoms with Crippen molar-refractivity contribution in [2.75, 3.05) is 0 Å². The molecule has 4 fully saturated rings. The van der Waals surface area contributed by atoms with Crippen molar-refractivity contribution in [3.63, 3.8) is 0 Å². The summed E-state index contributed by atoms with van der Waals surface area (Å²) in [5.41, 5.74) is 6.56. The number of rotatable bonds is 6. The second kappa shape index (κ2) is 10.4. The predicted molar refractivity (Wildman–Crippen MR) is 143 cm³/mol. The van der Waals surface area contributed by atoms with Gasteiger partial charge in [-0.25, -0.2) is 4.79 Å². The Hall–Kier alpha value is -3.39. The summed E-state index contributed by atoms with van der Waals surface area (Å²) < 4.78 is 0. The van der Waals surface area contributed by atoms with Crippen LogP contribution < -0.4 is 10.7 Å². The van der Waals surface area contributed by atoms with Gasteiger partial charge in [0.2, 0.25) is 11.8 Å². The lowest BCUT2D eigenvalue weighted by Gasteiger charge is -2.49. The molecule has 8 heteroatoms. The zero-order valence-electron chi connectivity index (χ0n) is 22.0. The molecule has 2 saturated heterocycles. The molecule has 6 rings (SSSR count). The van der Waals surface area contributed by atoms with E-state index in [1.165, 1.54) is 18.4 Å². The molecule has 2 aliphatic heterocycles. The van der Waals surface area contributed by atoms with E-state index in [0.717, 1.165) is 24.0 Å². The molecule has 2 aromatic carbocycles. The van der Waals surface area contributed by atoms with Gasteiger partial charge in [-0.2, -0.15) is 5.43 Å². The predicted octanol–water partition coefficient (Wildman–Crippen LogP) is 3.91. The summed E-state index contributed by atoms with van der Waals surface area (Å²) in [7, 11) is 0. The molecular weight excluding hydrogens is 478 g/mol. The SMILES string of the molecule is Cc1ccc(CN2NC3N(Cc4ccccc4)C(=O)C4CCC(C(=O)NC5CCCC5)CC4N3C2=O)cc1. The molecule has 8 nitrogen and oxygen atoms in total. The Morgan fingerprint density at radius 1 is 0.921 bits per heavy atom. The van der Waals surface area contributed by atoms with Gasteiger partial charge in [-0.3, -0.25) is 19.5 Å². The summed E-state index contributed by atoms with van der Waals surface area (Å²) in [6.45, 7) is 2.87. The molecule has 2 heterocycles. The molecule has 0 radical (unpaired) electrons. The van der Waals surface area contributed by atoms with E-state index >= 15 is 0 Å². The van der Waals surface area contributed by atoms with Gasteiger partial charge in [0.05, 0.1) is 12.5 Å². The number of hydrogen-bond acceptors (Lipinski definition) is 4. The molecule has 2 aliphatic carbocycles. The normalized spacial score (nSPS) is 27.4. The van der Waals surface area contributed by atoms with Crippen molar-refractivity contribution >= 4 is 17.8 Å². The fourth-order valence-corrected chi connectivity index (χ4v) is 6.68. The first kappa shape index (κ1) is 24.9. The maximum absolute atomic E-state index is 13.9. The zero-order chi connectivity index (χ0) is 26.2. The minimum Gasteiger partial charge on any atom is -0.353 e. The van der Waals surface area contributed by atoms with E-state index in [1.807, 2.05) is 71.3 Å². The molecule has 4 unspecified atom stereocenters. The minimum absolute atomic E-state index is 0.0623. The highest BCUT2D eigenvalue weighted by molar-refractivity contribution is 5.87. The van der Waals surface area contributed by atoms with Crippen molar-refractivity contribution in [3.8, 4) is 0 Å². The number of urea groups is 1. The number of fused-ring (bicyclic) bond motifs is 3. The second-order valence-corrected chi connectivity index (χ2v) is 11.4. The van der Waals surface area contributed by atoms with Crippen molar-refractivity contribution < 1.29 is 14.4 Å². The summed E-state index contributed by atoms with van der Waals surface area (Å²) in [5, 5.41) is 4.88. The molecule has 0 bridgehead atoms. The molecule has 0 spiro atoms. The Balaban J connectivity index is 1.26. The lowest BCUT2D eigenvalue weighted by Crippen LogP contribution is -2.66. The minimum atomic E-state index is -0.571. The van der Waals surface area contributed by atoms with E-state index in [0.29, 0.717) is 32.4 Å². The Morgan fingerprint density at radius 3 is 2.37 bits per heavy atom. The fourth-order valence-electron chi connectivity index (χ4n) is 6.68. The van der Waals surface area contributed by atoms with E-state index in [2.05, 4.69) is 10.7 Å². The van der Waals surface area contributed by atoms with Crippen molar-refractivity contribution in [2.24, 2.45) is 11.8 Å². The average Bonchev–Trinajstić information content (AvgIpc) is 3.56. The number of carbonyl (C=O) groups excluding carboxylic acids is 3. The third-order valence-corrected chi connectivity index (χ3v) is 8.79. The van der Waals surface area contributed by atoms with Gasteiger partial charge >= 0.3 is 6.03 Å². The van der Waals surface area contributed by atoms with Crippen LogP contribution in [0.2, 0.25) is 0 Å². The standard InChI is InChI=1S/C30H37N5O3/c1-20-11-13-22(14-12-20)19-34-30(38)35-26-17-23(27(36)31-24-9-5-6-10-24)15-16-25(26)28(37)33(29(35)32-34)18-21-7-3-2-4-8-21/h2-4,7-8,11-14,23-26,29,32H,5-6,9-10,15-19H2,1H3,(H,31,36). The van der Waals surface area contributed by atoms with Crippen LogP contribution in [-0.4, -0.2) is 51.0 Å². The van der Waals surface area contributed by atoms with Crippen LogP contribution in [0.1, 0.15) is 61.6 Å². The van der Waals surface area contributed by atoms with Crippen LogP contribution in [0.5, 0.6) is 0 Å². The Labute approximate surface area is 224 Å². The van der Waals surface area contributed by atoms with E-state index in [1.54, 1.807) is 5.01 Å². The number of benzene rings is 2. The summed E-state index contributed by atoms with van der Waals surface area (Å²) in [6, 6.07) is 17.9. The molecule has 4 amide bonds. The molecular formula is C30H37N5O3. The molecule has 200 valence electrons. The topological polar surface area (TPSA) is 85.0 Å². The van der Waals surface area contributed by atoms with Gasteiger partial charge in [0.25, 0.3) is 0 Å². The van der Waals surface area contributed by atoms with Crippen molar-refractivity contribution in [1.29, 1.82) is 0 Å². The Bertz CT molecular complexity index is 1180. The van der Waals surface area contributed by atoms with Gasteiger partial charge in [-0.15, -0.1) is 0 Å². The number of nitrogens with zero attached hydrogens (tertiary/aromatic N) is 3. The van der Waals surface area contributed by atoms with Gasteiger partial charge in [0, 0.05) is 24.5 Å². The van der Waals surface area contributed by atoms with Crippen LogP contribution in [0.15, 0.2) is 54.6 Å². The smallest absolute Gasteiger partial charge is 0.337 e. The van der Waals surface area contributed by atoms with Crippen molar-refractivity contribution in [3.05, 3.63) is 71.3 Å². The van der Waals surface area contributed by atoms with Crippen LogP contribution in [0, 0.1) is 18.8 Å². The fraction of sp³-hybridized carbons (Fsp3) is 0.500. The molecule has 0 aromatic heterocycles. The van der Waals surface area contributed by atoms with Gasteiger partial charge < -0.3 is 10.2 Å².